The Morgan fingerprint density at radius 3 is 2.48 bits per heavy atom. The minimum Gasteiger partial charge on any atom is -0.497 e. The van der Waals surface area contributed by atoms with Gasteiger partial charge in [-0.25, -0.2) is 0 Å². The summed E-state index contributed by atoms with van der Waals surface area (Å²) >= 11 is 0. The van der Waals surface area contributed by atoms with Gasteiger partial charge in [0.25, 0.3) is 5.91 Å². The van der Waals surface area contributed by atoms with Gasteiger partial charge < -0.3 is 20.1 Å². The summed E-state index contributed by atoms with van der Waals surface area (Å²) in [6.07, 6.45) is 3.10. The SMILES string of the molecule is CNC(=O)c1cc(OC)ccc1NC(=O)/C=C/c1cccc(OCc2ccccc2)c1. The van der Waals surface area contributed by atoms with Crippen LogP contribution in [0.15, 0.2) is 78.9 Å². The summed E-state index contributed by atoms with van der Waals surface area (Å²) < 4.78 is 11.0. The molecule has 0 saturated carbocycles. The Labute approximate surface area is 181 Å². The van der Waals surface area contributed by atoms with Crippen LogP contribution in [0.1, 0.15) is 21.5 Å². The van der Waals surface area contributed by atoms with E-state index in [4.69, 9.17) is 9.47 Å². The summed E-state index contributed by atoms with van der Waals surface area (Å²) in [5.41, 5.74) is 2.62. The Hall–Kier alpha value is -4.06. The first-order chi connectivity index (χ1) is 15.1. The first-order valence-electron chi connectivity index (χ1n) is 9.75. The number of rotatable bonds is 8. The number of methoxy groups -OCH3 is 1. The normalized spacial score (nSPS) is 10.5. The van der Waals surface area contributed by atoms with Gasteiger partial charge in [0, 0.05) is 13.1 Å². The molecule has 158 valence electrons. The standard InChI is InChI=1S/C25H24N2O4/c1-26-25(29)22-16-20(30-2)12-13-23(22)27-24(28)14-11-18-9-6-10-21(15-18)31-17-19-7-4-3-5-8-19/h3-16H,17H2,1-2H3,(H,26,29)(H,27,28)/b14-11+. The summed E-state index contributed by atoms with van der Waals surface area (Å²) in [6.45, 7) is 0.467. The number of amides is 2. The van der Waals surface area contributed by atoms with Gasteiger partial charge in [0.2, 0.25) is 5.91 Å². The zero-order chi connectivity index (χ0) is 22.1. The van der Waals surface area contributed by atoms with Crippen LogP contribution in [-0.4, -0.2) is 26.0 Å². The predicted octanol–water partition coefficient (Wildman–Crippen LogP) is 4.29. The first kappa shape index (κ1) is 21.6. The van der Waals surface area contributed by atoms with Crippen molar-refractivity contribution in [2.75, 3.05) is 19.5 Å². The van der Waals surface area contributed by atoms with Crippen LogP contribution in [0.3, 0.4) is 0 Å². The molecule has 0 fully saturated rings. The molecule has 3 aromatic rings. The van der Waals surface area contributed by atoms with Gasteiger partial charge >= 0.3 is 0 Å². The molecular formula is C25H24N2O4. The van der Waals surface area contributed by atoms with E-state index in [9.17, 15) is 9.59 Å². The van der Waals surface area contributed by atoms with Gasteiger partial charge in [0.05, 0.1) is 18.4 Å². The maximum absolute atomic E-state index is 12.4. The molecular weight excluding hydrogens is 392 g/mol. The van der Waals surface area contributed by atoms with Gasteiger partial charge in [-0.15, -0.1) is 0 Å². The molecule has 6 nitrogen and oxygen atoms in total. The highest BCUT2D eigenvalue weighted by molar-refractivity contribution is 6.07. The van der Waals surface area contributed by atoms with Crippen molar-refractivity contribution in [2.45, 2.75) is 6.61 Å². The van der Waals surface area contributed by atoms with Crippen LogP contribution in [-0.2, 0) is 11.4 Å². The lowest BCUT2D eigenvalue weighted by molar-refractivity contribution is -0.111. The molecule has 31 heavy (non-hydrogen) atoms. The van der Waals surface area contributed by atoms with E-state index in [1.54, 1.807) is 24.3 Å². The van der Waals surface area contributed by atoms with Crippen molar-refractivity contribution in [3.8, 4) is 11.5 Å². The highest BCUT2D eigenvalue weighted by Gasteiger charge is 2.13. The van der Waals surface area contributed by atoms with E-state index in [-0.39, 0.29) is 11.8 Å². The Balaban J connectivity index is 1.66. The number of anilines is 1. The maximum atomic E-state index is 12.4. The van der Waals surface area contributed by atoms with Gasteiger partial charge in [0.15, 0.2) is 0 Å². The van der Waals surface area contributed by atoms with Gasteiger partial charge in [-0.3, -0.25) is 9.59 Å². The zero-order valence-corrected chi connectivity index (χ0v) is 17.4. The monoisotopic (exact) mass is 416 g/mol. The van der Waals surface area contributed by atoms with Crippen LogP contribution < -0.4 is 20.1 Å². The average Bonchev–Trinajstić information content (AvgIpc) is 2.82. The summed E-state index contributed by atoms with van der Waals surface area (Å²) in [5, 5.41) is 5.29. The summed E-state index contributed by atoms with van der Waals surface area (Å²) in [6, 6.07) is 22.3. The van der Waals surface area contributed by atoms with Gasteiger partial charge in [-0.2, -0.15) is 0 Å². The molecule has 3 rings (SSSR count). The third-order valence-corrected chi connectivity index (χ3v) is 4.49. The second-order valence-electron chi connectivity index (χ2n) is 6.66. The van der Waals surface area contributed by atoms with Crippen LogP contribution in [0, 0.1) is 0 Å². The largest absolute Gasteiger partial charge is 0.497 e. The molecule has 0 aromatic heterocycles. The van der Waals surface area contributed by atoms with Crippen molar-refractivity contribution in [1.29, 1.82) is 0 Å². The van der Waals surface area contributed by atoms with Gasteiger partial charge in [-0.1, -0.05) is 42.5 Å². The van der Waals surface area contributed by atoms with E-state index in [0.717, 1.165) is 11.1 Å². The quantitative estimate of drug-likeness (QED) is 0.537. The number of carbonyl (C=O) groups is 2. The highest BCUT2D eigenvalue weighted by Crippen LogP contribution is 2.22. The topological polar surface area (TPSA) is 76.7 Å². The lowest BCUT2D eigenvalue weighted by atomic mass is 10.1. The summed E-state index contributed by atoms with van der Waals surface area (Å²) in [5.74, 6) is 0.565. The number of nitrogens with one attached hydrogen (secondary N) is 2. The second kappa shape index (κ2) is 10.6. The lowest BCUT2D eigenvalue weighted by Crippen LogP contribution is -2.21. The third-order valence-electron chi connectivity index (χ3n) is 4.49. The molecule has 6 heteroatoms. The third kappa shape index (κ3) is 6.21. The van der Waals surface area contributed by atoms with Crippen LogP contribution in [0.25, 0.3) is 6.08 Å². The first-order valence-corrected chi connectivity index (χ1v) is 9.75. The maximum Gasteiger partial charge on any atom is 0.253 e. The zero-order valence-electron chi connectivity index (χ0n) is 17.4. The molecule has 0 radical (unpaired) electrons. The van der Waals surface area contributed by atoms with E-state index >= 15 is 0 Å². The van der Waals surface area contributed by atoms with Crippen molar-refractivity contribution in [3.05, 3.63) is 95.6 Å². The van der Waals surface area contributed by atoms with Gasteiger partial charge in [0.1, 0.15) is 18.1 Å². The van der Waals surface area contributed by atoms with E-state index in [0.29, 0.717) is 29.4 Å². The minimum absolute atomic E-state index is 0.318. The highest BCUT2D eigenvalue weighted by atomic mass is 16.5. The molecule has 2 N–H and O–H groups in total. The number of hydrogen-bond donors (Lipinski definition) is 2. The van der Waals surface area contributed by atoms with Crippen molar-refractivity contribution in [1.82, 2.24) is 5.32 Å². The number of hydrogen-bond acceptors (Lipinski definition) is 4. The second-order valence-corrected chi connectivity index (χ2v) is 6.66. The van der Waals surface area contributed by atoms with Crippen LogP contribution in [0.4, 0.5) is 5.69 Å². The predicted molar refractivity (Wildman–Crippen MR) is 121 cm³/mol. The molecule has 0 aliphatic rings. The number of ether oxygens (including phenoxy) is 2. The molecule has 0 saturated heterocycles. The Bertz CT molecular complexity index is 1080. The fourth-order valence-electron chi connectivity index (χ4n) is 2.88. The molecule has 0 bridgehead atoms. The summed E-state index contributed by atoms with van der Waals surface area (Å²) in [4.78, 5) is 24.5. The van der Waals surface area contributed by atoms with Crippen molar-refractivity contribution < 1.29 is 19.1 Å². The molecule has 2 amide bonds. The van der Waals surface area contributed by atoms with Crippen molar-refractivity contribution >= 4 is 23.6 Å². The van der Waals surface area contributed by atoms with E-state index in [2.05, 4.69) is 10.6 Å². The molecule has 0 spiro atoms. The number of carbonyl (C=O) groups excluding carboxylic acids is 2. The average molecular weight is 416 g/mol. The van der Waals surface area contributed by atoms with Crippen molar-refractivity contribution in [3.63, 3.8) is 0 Å². The lowest BCUT2D eigenvalue weighted by Gasteiger charge is -2.10. The molecule has 0 heterocycles. The fourth-order valence-corrected chi connectivity index (χ4v) is 2.88. The Morgan fingerprint density at radius 1 is 0.935 bits per heavy atom. The number of benzene rings is 3. The molecule has 3 aromatic carbocycles. The minimum atomic E-state index is -0.356. The van der Waals surface area contributed by atoms with E-state index in [1.165, 1.54) is 20.2 Å². The summed E-state index contributed by atoms with van der Waals surface area (Å²) in [7, 11) is 3.04. The molecule has 0 aliphatic heterocycles. The fraction of sp³-hybridized carbons (Fsp3) is 0.120. The van der Waals surface area contributed by atoms with Crippen LogP contribution in [0.5, 0.6) is 11.5 Å². The van der Waals surface area contributed by atoms with Gasteiger partial charge in [-0.05, 0) is 47.5 Å². The molecule has 0 unspecified atom stereocenters. The Kier molecular flexibility index (Phi) is 7.43. The molecule has 0 aliphatic carbocycles. The van der Waals surface area contributed by atoms with Crippen molar-refractivity contribution in [2.24, 2.45) is 0 Å². The van der Waals surface area contributed by atoms with Crippen LogP contribution in [0.2, 0.25) is 0 Å². The Morgan fingerprint density at radius 2 is 1.74 bits per heavy atom. The van der Waals surface area contributed by atoms with E-state index < -0.39 is 0 Å². The molecule has 0 atom stereocenters. The van der Waals surface area contributed by atoms with Crippen LogP contribution >= 0.6 is 0 Å². The smallest absolute Gasteiger partial charge is 0.253 e. The van der Waals surface area contributed by atoms with E-state index in [1.807, 2.05) is 54.6 Å².